The normalized spacial score (nSPS) is 17.8. The summed E-state index contributed by atoms with van der Waals surface area (Å²) in [7, 11) is 0. The maximum Gasteiger partial charge on any atom is 0.325 e. The van der Waals surface area contributed by atoms with Gasteiger partial charge in [-0.2, -0.15) is 0 Å². The van der Waals surface area contributed by atoms with E-state index in [0.29, 0.717) is 34.9 Å². The highest BCUT2D eigenvalue weighted by Crippen LogP contribution is 2.29. The Kier molecular flexibility index (Phi) is 6.84. The average Bonchev–Trinajstić information content (AvgIpc) is 2.99. The molecule has 1 aliphatic rings. The summed E-state index contributed by atoms with van der Waals surface area (Å²) < 4.78 is 0. The molecule has 0 spiro atoms. The van der Waals surface area contributed by atoms with Gasteiger partial charge in [-0.1, -0.05) is 23.7 Å². The van der Waals surface area contributed by atoms with Crippen molar-refractivity contribution in [3.63, 3.8) is 0 Å². The highest BCUT2D eigenvalue weighted by molar-refractivity contribution is 6.30. The van der Waals surface area contributed by atoms with Crippen molar-refractivity contribution in [3.8, 4) is 0 Å². The first-order chi connectivity index (χ1) is 15.2. The van der Waals surface area contributed by atoms with Crippen LogP contribution in [0, 0.1) is 0 Å². The van der Waals surface area contributed by atoms with E-state index in [9.17, 15) is 19.2 Å². The van der Waals surface area contributed by atoms with E-state index in [1.54, 1.807) is 60.4 Å². The SMILES string of the molecule is CCN(CC)C(=O)c1ccc(NC(=O)CN2C(=O)N[C@](C)(c3ccc(Cl)cc3)C2=O)cc1. The van der Waals surface area contributed by atoms with E-state index < -0.39 is 29.9 Å². The summed E-state index contributed by atoms with van der Waals surface area (Å²) in [5.74, 6) is -1.15. The molecule has 2 N–H and O–H groups in total. The number of anilines is 1. The second kappa shape index (κ2) is 9.40. The van der Waals surface area contributed by atoms with E-state index in [2.05, 4.69) is 10.6 Å². The molecule has 168 valence electrons. The van der Waals surface area contributed by atoms with Crippen LogP contribution in [0.4, 0.5) is 10.5 Å². The molecule has 0 aromatic heterocycles. The number of amides is 5. The summed E-state index contributed by atoms with van der Waals surface area (Å²) in [5, 5.41) is 5.81. The lowest BCUT2D eigenvalue weighted by Crippen LogP contribution is -2.42. The van der Waals surface area contributed by atoms with Gasteiger partial charge in [-0.15, -0.1) is 0 Å². The Balaban J connectivity index is 1.66. The first-order valence-corrected chi connectivity index (χ1v) is 10.7. The van der Waals surface area contributed by atoms with Crippen LogP contribution >= 0.6 is 11.6 Å². The predicted octanol–water partition coefficient (Wildman–Crippen LogP) is 3.23. The van der Waals surface area contributed by atoms with Gasteiger partial charge in [-0.05, 0) is 62.7 Å². The lowest BCUT2D eigenvalue weighted by molar-refractivity contribution is -0.133. The number of hydrogen-bond donors (Lipinski definition) is 2. The molecular formula is C23H25ClN4O4. The molecule has 0 bridgehead atoms. The quantitative estimate of drug-likeness (QED) is 0.625. The smallest absolute Gasteiger partial charge is 0.325 e. The molecule has 5 amide bonds. The molecule has 2 aromatic carbocycles. The molecule has 8 nitrogen and oxygen atoms in total. The second-order valence-electron chi connectivity index (χ2n) is 7.56. The van der Waals surface area contributed by atoms with Gasteiger partial charge in [0, 0.05) is 29.4 Å². The highest BCUT2D eigenvalue weighted by Gasteiger charge is 2.49. The van der Waals surface area contributed by atoms with Gasteiger partial charge in [-0.3, -0.25) is 19.3 Å². The summed E-state index contributed by atoms with van der Waals surface area (Å²) in [5.41, 5.74) is 0.253. The number of nitrogens with one attached hydrogen (secondary N) is 2. The zero-order valence-electron chi connectivity index (χ0n) is 18.1. The van der Waals surface area contributed by atoms with Crippen LogP contribution in [0.15, 0.2) is 48.5 Å². The van der Waals surface area contributed by atoms with Crippen LogP contribution in [0.25, 0.3) is 0 Å². The zero-order chi connectivity index (χ0) is 23.5. The molecule has 3 rings (SSSR count). The fourth-order valence-corrected chi connectivity index (χ4v) is 3.68. The molecule has 1 fully saturated rings. The van der Waals surface area contributed by atoms with Crippen LogP contribution in [0.1, 0.15) is 36.7 Å². The van der Waals surface area contributed by atoms with Crippen LogP contribution in [0.2, 0.25) is 5.02 Å². The summed E-state index contributed by atoms with van der Waals surface area (Å²) in [6.07, 6.45) is 0. The Labute approximate surface area is 191 Å². The number of nitrogens with zero attached hydrogens (tertiary/aromatic N) is 2. The number of hydrogen-bond acceptors (Lipinski definition) is 4. The molecule has 0 aliphatic carbocycles. The first kappa shape index (κ1) is 23.3. The minimum absolute atomic E-state index is 0.0892. The van der Waals surface area contributed by atoms with Gasteiger partial charge in [0.25, 0.3) is 11.8 Å². The van der Waals surface area contributed by atoms with Gasteiger partial charge in [-0.25, -0.2) is 4.79 Å². The number of imide groups is 1. The van der Waals surface area contributed by atoms with E-state index in [0.717, 1.165) is 4.90 Å². The second-order valence-corrected chi connectivity index (χ2v) is 7.99. The molecule has 1 aliphatic heterocycles. The lowest BCUT2D eigenvalue weighted by atomic mass is 9.92. The third-order valence-corrected chi connectivity index (χ3v) is 5.72. The summed E-state index contributed by atoms with van der Waals surface area (Å²) >= 11 is 5.90. The standard InChI is InChI=1S/C23H25ClN4O4/c1-4-27(5-2)20(30)15-6-12-18(13-7-15)25-19(29)14-28-21(31)23(3,26-22(28)32)16-8-10-17(24)11-9-16/h6-13H,4-5,14H2,1-3H3,(H,25,29)(H,26,32)/t23-/m1/s1. The summed E-state index contributed by atoms with van der Waals surface area (Å²) in [4.78, 5) is 52.8. The summed E-state index contributed by atoms with van der Waals surface area (Å²) in [6.45, 7) is 6.17. The van der Waals surface area contributed by atoms with Crippen LogP contribution in [0.5, 0.6) is 0 Å². The Hall–Kier alpha value is -3.39. The topological polar surface area (TPSA) is 98.8 Å². The van der Waals surface area contributed by atoms with Crippen molar-refractivity contribution >= 4 is 41.0 Å². The number of urea groups is 1. The largest absolute Gasteiger partial charge is 0.339 e. The van der Waals surface area contributed by atoms with Crippen molar-refractivity contribution in [3.05, 3.63) is 64.7 Å². The molecule has 9 heteroatoms. The molecule has 0 saturated carbocycles. The molecule has 32 heavy (non-hydrogen) atoms. The Morgan fingerprint density at radius 1 is 1.03 bits per heavy atom. The number of rotatable bonds is 7. The van der Waals surface area contributed by atoms with Crippen molar-refractivity contribution < 1.29 is 19.2 Å². The Morgan fingerprint density at radius 3 is 2.19 bits per heavy atom. The van der Waals surface area contributed by atoms with Crippen molar-refractivity contribution in [1.29, 1.82) is 0 Å². The van der Waals surface area contributed by atoms with Gasteiger partial charge in [0.1, 0.15) is 12.1 Å². The summed E-state index contributed by atoms with van der Waals surface area (Å²) in [6, 6.07) is 12.4. The fraction of sp³-hybridized carbons (Fsp3) is 0.304. The first-order valence-electron chi connectivity index (χ1n) is 10.3. The number of carbonyl (C=O) groups excluding carboxylic acids is 4. The minimum atomic E-state index is -1.28. The van der Waals surface area contributed by atoms with Crippen molar-refractivity contribution in [2.75, 3.05) is 25.0 Å². The Bertz CT molecular complexity index is 1030. The molecule has 2 aromatic rings. The van der Waals surface area contributed by atoms with Crippen molar-refractivity contribution in [1.82, 2.24) is 15.1 Å². The van der Waals surface area contributed by atoms with Gasteiger partial charge < -0.3 is 15.5 Å². The number of halogens is 1. The van der Waals surface area contributed by atoms with E-state index >= 15 is 0 Å². The van der Waals surface area contributed by atoms with Crippen LogP contribution in [-0.4, -0.2) is 53.2 Å². The van der Waals surface area contributed by atoms with Crippen LogP contribution in [-0.2, 0) is 15.1 Å². The van der Waals surface area contributed by atoms with Crippen molar-refractivity contribution in [2.24, 2.45) is 0 Å². The van der Waals surface area contributed by atoms with E-state index in [1.807, 2.05) is 13.8 Å². The van der Waals surface area contributed by atoms with Gasteiger partial charge in [0.2, 0.25) is 5.91 Å². The number of carbonyl (C=O) groups is 4. The zero-order valence-corrected chi connectivity index (χ0v) is 18.9. The fourth-order valence-electron chi connectivity index (χ4n) is 3.55. The average molecular weight is 457 g/mol. The van der Waals surface area contributed by atoms with Gasteiger partial charge >= 0.3 is 6.03 Å². The van der Waals surface area contributed by atoms with Crippen LogP contribution in [0.3, 0.4) is 0 Å². The highest BCUT2D eigenvalue weighted by atomic mass is 35.5. The van der Waals surface area contributed by atoms with Gasteiger partial charge in [0.05, 0.1) is 0 Å². The Morgan fingerprint density at radius 2 is 1.62 bits per heavy atom. The van der Waals surface area contributed by atoms with E-state index in [-0.39, 0.29) is 5.91 Å². The lowest BCUT2D eigenvalue weighted by Gasteiger charge is -2.22. The molecule has 1 atom stereocenters. The monoisotopic (exact) mass is 456 g/mol. The van der Waals surface area contributed by atoms with Crippen molar-refractivity contribution in [2.45, 2.75) is 26.3 Å². The maximum absolute atomic E-state index is 12.9. The van der Waals surface area contributed by atoms with E-state index in [1.165, 1.54) is 0 Å². The molecule has 0 unspecified atom stereocenters. The van der Waals surface area contributed by atoms with Gasteiger partial charge in [0.15, 0.2) is 0 Å². The maximum atomic E-state index is 12.9. The molecule has 1 heterocycles. The van der Waals surface area contributed by atoms with E-state index in [4.69, 9.17) is 11.6 Å². The minimum Gasteiger partial charge on any atom is -0.339 e. The third kappa shape index (κ3) is 4.60. The molecular weight excluding hydrogens is 432 g/mol. The van der Waals surface area contributed by atoms with Crippen LogP contribution < -0.4 is 10.6 Å². The number of benzene rings is 2. The molecule has 0 radical (unpaired) electrons. The predicted molar refractivity (Wildman–Crippen MR) is 121 cm³/mol. The third-order valence-electron chi connectivity index (χ3n) is 5.46. The molecule has 1 saturated heterocycles.